The van der Waals surface area contributed by atoms with E-state index in [0.717, 1.165) is 17.3 Å². The van der Waals surface area contributed by atoms with Crippen molar-refractivity contribution in [1.82, 2.24) is 0 Å². The molecule has 0 amide bonds. The van der Waals surface area contributed by atoms with E-state index in [-0.39, 0.29) is 0 Å². The van der Waals surface area contributed by atoms with Crippen LogP contribution in [0.3, 0.4) is 0 Å². The number of halogens is 1. The molecule has 2 heteroatoms. The molecule has 0 aromatic heterocycles. The molecule has 0 aliphatic carbocycles. The van der Waals surface area contributed by atoms with Gasteiger partial charge in [-0.1, -0.05) is 35.9 Å². The summed E-state index contributed by atoms with van der Waals surface area (Å²) in [4.78, 5) is 4.09. The van der Waals surface area contributed by atoms with Crippen LogP contribution in [0.1, 0.15) is 19.8 Å². The van der Waals surface area contributed by atoms with Gasteiger partial charge in [-0.3, -0.25) is 4.99 Å². The number of nitrogens with zero attached hydrogens (tertiary/aromatic N) is 1. The molecule has 0 radical (unpaired) electrons. The van der Waals surface area contributed by atoms with Gasteiger partial charge in [0.1, 0.15) is 0 Å². The molecule has 0 saturated heterocycles. The maximum Gasteiger partial charge on any atom is 0.0695 e. The molecular formula is C7H12BrN. The highest BCUT2D eigenvalue weighted by Gasteiger charge is 1.79. The zero-order valence-corrected chi connectivity index (χ0v) is 7.32. The Bertz CT molecular complexity index is 107. The van der Waals surface area contributed by atoms with Gasteiger partial charge in [0.15, 0.2) is 0 Å². The Labute approximate surface area is 65.0 Å². The highest BCUT2D eigenvalue weighted by molar-refractivity contribution is 9.11. The summed E-state index contributed by atoms with van der Waals surface area (Å²) in [5, 5.41) is 0. The van der Waals surface area contributed by atoms with Crippen LogP contribution in [0.4, 0.5) is 0 Å². The van der Waals surface area contributed by atoms with Gasteiger partial charge in [-0.2, -0.15) is 0 Å². The third-order valence-corrected chi connectivity index (χ3v) is 1.06. The van der Waals surface area contributed by atoms with Crippen molar-refractivity contribution < 1.29 is 0 Å². The fourth-order valence-corrected chi connectivity index (χ4v) is 0.529. The first-order valence-electron chi connectivity index (χ1n) is 3.09. The van der Waals surface area contributed by atoms with E-state index in [0.29, 0.717) is 6.54 Å². The molecule has 0 heterocycles. The molecule has 0 fully saturated rings. The molecule has 0 unspecified atom stereocenters. The van der Waals surface area contributed by atoms with Gasteiger partial charge in [0, 0.05) is 4.48 Å². The summed E-state index contributed by atoms with van der Waals surface area (Å²) in [5.74, 6) is 0. The van der Waals surface area contributed by atoms with E-state index >= 15 is 0 Å². The second-order valence-corrected chi connectivity index (χ2v) is 2.95. The maximum absolute atomic E-state index is 4.09. The fourth-order valence-electron chi connectivity index (χ4n) is 0.384. The third-order valence-electron chi connectivity index (χ3n) is 0.810. The number of rotatable bonds is 4. The van der Waals surface area contributed by atoms with E-state index < -0.39 is 0 Å². The summed E-state index contributed by atoms with van der Waals surface area (Å²) in [6.45, 7) is 6.50. The maximum atomic E-state index is 4.09. The smallest absolute Gasteiger partial charge is 0.0695 e. The van der Waals surface area contributed by atoms with Crippen molar-refractivity contribution >= 4 is 22.1 Å². The summed E-state index contributed by atoms with van der Waals surface area (Å²) in [7, 11) is 0. The second-order valence-electron chi connectivity index (χ2n) is 1.83. The predicted molar refractivity (Wildman–Crippen MR) is 46.3 cm³/mol. The first kappa shape index (κ1) is 8.89. The Hall–Kier alpha value is -0.110. The SMILES string of the molecule is C=C(Br)CN=CCCC. The molecule has 0 atom stereocenters. The van der Waals surface area contributed by atoms with Crippen LogP contribution in [-0.2, 0) is 0 Å². The van der Waals surface area contributed by atoms with Gasteiger partial charge in [-0.05, 0) is 12.6 Å². The van der Waals surface area contributed by atoms with Crippen LogP contribution < -0.4 is 0 Å². The van der Waals surface area contributed by atoms with Gasteiger partial charge in [0.25, 0.3) is 0 Å². The van der Waals surface area contributed by atoms with Gasteiger partial charge >= 0.3 is 0 Å². The van der Waals surface area contributed by atoms with E-state index in [2.05, 4.69) is 34.4 Å². The fraction of sp³-hybridized carbons (Fsp3) is 0.571. The largest absolute Gasteiger partial charge is 0.292 e. The summed E-state index contributed by atoms with van der Waals surface area (Å²) in [6.07, 6.45) is 4.17. The highest BCUT2D eigenvalue weighted by Crippen LogP contribution is 1.99. The van der Waals surface area contributed by atoms with Gasteiger partial charge in [-0.25, -0.2) is 0 Å². The summed E-state index contributed by atoms with van der Waals surface area (Å²) < 4.78 is 0.940. The summed E-state index contributed by atoms with van der Waals surface area (Å²) in [5.41, 5.74) is 0. The minimum atomic E-state index is 0.708. The van der Waals surface area contributed by atoms with Crippen molar-refractivity contribution in [3.8, 4) is 0 Å². The van der Waals surface area contributed by atoms with E-state index in [1.165, 1.54) is 0 Å². The lowest BCUT2D eigenvalue weighted by molar-refractivity contribution is 1.00. The molecule has 0 aromatic rings. The standard InChI is InChI=1S/C7H12BrN/c1-3-4-5-9-6-7(2)8/h5H,2-4,6H2,1H3. The molecular weight excluding hydrogens is 178 g/mol. The summed E-state index contributed by atoms with van der Waals surface area (Å²) >= 11 is 3.22. The monoisotopic (exact) mass is 189 g/mol. The second kappa shape index (κ2) is 6.02. The zero-order valence-electron chi connectivity index (χ0n) is 5.73. The molecule has 1 nitrogen and oxygen atoms in total. The molecule has 0 rings (SSSR count). The van der Waals surface area contributed by atoms with Crippen LogP contribution in [0, 0.1) is 0 Å². The van der Waals surface area contributed by atoms with Crippen molar-refractivity contribution in [3.05, 3.63) is 11.1 Å². The van der Waals surface area contributed by atoms with E-state index in [4.69, 9.17) is 0 Å². The number of hydrogen-bond acceptors (Lipinski definition) is 1. The normalized spacial score (nSPS) is 10.4. The van der Waals surface area contributed by atoms with Gasteiger partial charge in [0.05, 0.1) is 6.54 Å². The Morgan fingerprint density at radius 1 is 1.78 bits per heavy atom. The van der Waals surface area contributed by atoms with Crippen molar-refractivity contribution in [2.45, 2.75) is 19.8 Å². The molecule has 0 saturated carbocycles. The summed E-state index contributed by atoms with van der Waals surface area (Å²) in [6, 6.07) is 0. The Morgan fingerprint density at radius 3 is 2.89 bits per heavy atom. The minimum Gasteiger partial charge on any atom is -0.292 e. The van der Waals surface area contributed by atoms with Gasteiger partial charge < -0.3 is 0 Å². The lowest BCUT2D eigenvalue weighted by Gasteiger charge is -1.86. The highest BCUT2D eigenvalue weighted by atomic mass is 79.9. The Balaban J connectivity index is 3.14. The number of hydrogen-bond donors (Lipinski definition) is 0. The molecule has 0 aromatic carbocycles. The van der Waals surface area contributed by atoms with E-state index in [1.54, 1.807) is 0 Å². The predicted octanol–water partition coefficient (Wildman–Crippen LogP) is 2.77. The van der Waals surface area contributed by atoms with Crippen LogP contribution in [0.15, 0.2) is 16.1 Å². The average molecular weight is 190 g/mol. The quantitative estimate of drug-likeness (QED) is 0.604. The van der Waals surface area contributed by atoms with Crippen LogP contribution >= 0.6 is 15.9 Å². The van der Waals surface area contributed by atoms with Crippen molar-refractivity contribution in [2.24, 2.45) is 4.99 Å². The topological polar surface area (TPSA) is 12.4 Å². The molecule has 0 N–H and O–H groups in total. The Kier molecular flexibility index (Phi) is 5.94. The number of unbranched alkanes of at least 4 members (excludes halogenated alkanes) is 1. The Morgan fingerprint density at radius 2 is 2.44 bits per heavy atom. The minimum absolute atomic E-state index is 0.708. The third kappa shape index (κ3) is 7.89. The molecule has 0 spiro atoms. The van der Waals surface area contributed by atoms with E-state index in [9.17, 15) is 0 Å². The molecule has 9 heavy (non-hydrogen) atoms. The van der Waals surface area contributed by atoms with Crippen LogP contribution in [0.25, 0.3) is 0 Å². The van der Waals surface area contributed by atoms with Gasteiger partial charge in [0.2, 0.25) is 0 Å². The van der Waals surface area contributed by atoms with Gasteiger partial charge in [-0.15, -0.1) is 0 Å². The average Bonchev–Trinajstić information content (AvgIpc) is 1.80. The van der Waals surface area contributed by atoms with E-state index in [1.807, 2.05) is 6.21 Å². The van der Waals surface area contributed by atoms with Crippen molar-refractivity contribution in [2.75, 3.05) is 6.54 Å². The molecule has 0 aliphatic rings. The van der Waals surface area contributed by atoms with Crippen LogP contribution in [0.2, 0.25) is 0 Å². The molecule has 0 bridgehead atoms. The van der Waals surface area contributed by atoms with Crippen LogP contribution in [0.5, 0.6) is 0 Å². The first-order valence-corrected chi connectivity index (χ1v) is 3.88. The van der Waals surface area contributed by atoms with Crippen molar-refractivity contribution in [1.29, 1.82) is 0 Å². The zero-order chi connectivity index (χ0) is 7.11. The lowest BCUT2D eigenvalue weighted by Crippen LogP contribution is -1.78. The molecule has 52 valence electrons. The van der Waals surface area contributed by atoms with Crippen LogP contribution in [-0.4, -0.2) is 12.8 Å². The lowest BCUT2D eigenvalue weighted by atomic mass is 10.4. The van der Waals surface area contributed by atoms with Crippen molar-refractivity contribution in [3.63, 3.8) is 0 Å². The first-order chi connectivity index (χ1) is 4.27. The number of aliphatic imine (C=N–C) groups is 1. The molecule has 0 aliphatic heterocycles.